The van der Waals surface area contributed by atoms with Crippen molar-refractivity contribution in [3.8, 4) is 5.75 Å². The fourth-order valence-corrected chi connectivity index (χ4v) is 5.78. The Morgan fingerprint density at radius 2 is 1.74 bits per heavy atom. The number of amides is 1. The number of carboxylic acid groups (broad SMARTS) is 2. The molecule has 1 fully saturated rings. The van der Waals surface area contributed by atoms with E-state index >= 15 is 0 Å². The van der Waals surface area contributed by atoms with Crippen molar-refractivity contribution in [1.82, 2.24) is 9.55 Å². The van der Waals surface area contributed by atoms with Crippen LogP contribution in [0.1, 0.15) is 62.0 Å². The first kappa shape index (κ1) is 23.2. The topological polar surface area (TPSA) is 105 Å². The Kier molecular flexibility index (Phi) is 6.13. The lowest BCUT2D eigenvalue weighted by atomic mass is 9.85. The van der Waals surface area contributed by atoms with Gasteiger partial charge in [-0.2, -0.15) is 0 Å². The number of methoxy groups -OCH3 is 1. The Morgan fingerprint density at radius 3 is 2.37 bits per heavy atom. The van der Waals surface area contributed by atoms with Crippen molar-refractivity contribution in [2.45, 2.75) is 64.0 Å². The molecule has 184 valence electrons. The van der Waals surface area contributed by atoms with Gasteiger partial charge in [0.15, 0.2) is 0 Å². The van der Waals surface area contributed by atoms with Crippen LogP contribution in [-0.4, -0.2) is 45.0 Å². The zero-order chi connectivity index (χ0) is 24.7. The first-order chi connectivity index (χ1) is 16.9. The summed E-state index contributed by atoms with van der Waals surface area (Å²) >= 11 is 0. The minimum absolute atomic E-state index is 0.0791. The molecule has 1 saturated carbocycles. The molecule has 35 heavy (non-hydrogen) atoms. The molecule has 0 spiro atoms. The molecule has 1 atom stereocenters. The van der Waals surface area contributed by atoms with Gasteiger partial charge in [0.05, 0.1) is 29.7 Å². The first-order valence-corrected chi connectivity index (χ1v) is 12.3. The number of rotatable bonds is 5. The molecule has 1 aliphatic carbocycles. The van der Waals surface area contributed by atoms with Crippen LogP contribution in [0.25, 0.3) is 11.0 Å². The van der Waals surface area contributed by atoms with E-state index in [1.807, 2.05) is 43.3 Å². The number of nitrogens with zero attached hydrogens (tertiary/aromatic N) is 3. The van der Waals surface area contributed by atoms with E-state index in [0.29, 0.717) is 19.3 Å². The average Bonchev–Trinajstić information content (AvgIpc) is 3.22. The van der Waals surface area contributed by atoms with E-state index in [0.717, 1.165) is 65.1 Å². The van der Waals surface area contributed by atoms with Crippen molar-refractivity contribution in [2.24, 2.45) is 5.92 Å². The number of fused-ring (bicyclic) bond motifs is 3. The van der Waals surface area contributed by atoms with Crippen molar-refractivity contribution in [3.63, 3.8) is 0 Å². The third-order valence-electron chi connectivity index (χ3n) is 7.67. The Balaban J connectivity index is 1.60. The van der Waals surface area contributed by atoms with E-state index in [2.05, 4.69) is 4.57 Å². The van der Waals surface area contributed by atoms with E-state index in [-0.39, 0.29) is 18.0 Å². The summed E-state index contributed by atoms with van der Waals surface area (Å²) in [5.74, 6) is 0.725. The maximum absolute atomic E-state index is 12.0. The van der Waals surface area contributed by atoms with Gasteiger partial charge in [0.25, 0.3) is 0 Å². The van der Waals surface area contributed by atoms with Crippen LogP contribution in [0.3, 0.4) is 0 Å². The minimum Gasteiger partial charge on any atom is -0.497 e. The summed E-state index contributed by atoms with van der Waals surface area (Å²) in [7, 11) is 1.65. The van der Waals surface area contributed by atoms with Crippen LogP contribution >= 0.6 is 0 Å². The molecule has 8 heteroatoms. The number of imidazole rings is 1. The van der Waals surface area contributed by atoms with Crippen molar-refractivity contribution in [2.75, 3.05) is 12.0 Å². The second-order valence-electron chi connectivity index (χ2n) is 9.74. The molecule has 2 N–H and O–H groups in total. The smallest absolute Gasteiger partial charge is 0.412 e. The van der Waals surface area contributed by atoms with Crippen LogP contribution < -0.4 is 9.64 Å². The van der Waals surface area contributed by atoms with Crippen molar-refractivity contribution < 1.29 is 24.5 Å². The highest BCUT2D eigenvalue weighted by Gasteiger charge is 2.33. The van der Waals surface area contributed by atoms with Gasteiger partial charge in [0.1, 0.15) is 11.6 Å². The molecule has 5 rings (SSSR count). The number of hydrogen-bond donors (Lipinski definition) is 2. The number of anilines is 1. The Labute approximate surface area is 204 Å². The fourth-order valence-electron chi connectivity index (χ4n) is 5.78. The van der Waals surface area contributed by atoms with Gasteiger partial charge in [-0.3, -0.25) is 9.69 Å². The van der Waals surface area contributed by atoms with Gasteiger partial charge in [-0.15, -0.1) is 0 Å². The SMILES string of the molecule is COc1ccc(Cc2nc3c4c(ccc3n2C2CCC(C(=O)O)CC2)N(C(=O)O)[C@@H](C)CC4)cc1. The van der Waals surface area contributed by atoms with E-state index < -0.39 is 12.1 Å². The fraction of sp³-hybridized carbons (Fsp3) is 0.444. The minimum atomic E-state index is -0.942. The summed E-state index contributed by atoms with van der Waals surface area (Å²) in [6.45, 7) is 1.94. The molecule has 0 saturated heterocycles. The molecular formula is C27H31N3O5. The lowest BCUT2D eigenvalue weighted by Crippen LogP contribution is -2.41. The monoisotopic (exact) mass is 477 g/mol. The highest BCUT2D eigenvalue weighted by atomic mass is 16.5. The van der Waals surface area contributed by atoms with E-state index in [9.17, 15) is 19.8 Å². The average molecular weight is 478 g/mol. The molecule has 1 aliphatic heterocycles. The largest absolute Gasteiger partial charge is 0.497 e. The molecular weight excluding hydrogens is 446 g/mol. The number of aliphatic carboxylic acids is 1. The third kappa shape index (κ3) is 4.22. The number of benzene rings is 2. The number of aromatic nitrogens is 2. The van der Waals surface area contributed by atoms with Crippen molar-refractivity contribution >= 4 is 28.8 Å². The summed E-state index contributed by atoms with van der Waals surface area (Å²) in [6, 6.07) is 11.9. The molecule has 8 nitrogen and oxygen atoms in total. The molecule has 2 aromatic carbocycles. The van der Waals surface area contributed by atoms with Crippen LogP contribution in [0.4, 0.5) is 10.5 Å². The molecule has 0 bridgehead atoms. The number of carbonyl (C=O) groups is 2. The zero-order valence-electron chi connectivity index (χ0n) is 20.1. The highest BCUT2D eigenvalue weighted by molar-refractivity contribution is 5.94. The van der Waals surface area contributed by atoms with Gasteiger partial charge in [-0.05, 0) is 75.3 Å². The highest BCUT2D eigenvalue weighted by Crippen LogP contribution is 2.40. The Bertz CT molecular complexity index is 1260. The van der Waals surface area contributed by atoms with Crippen LogP contribution in [0.2, 0.25) is 0 Å². The zero-order valence-corrected chi connectivity index (χ0v) is 20.1. The third-order valence-corrected chi connectivity index (χ3v) is 7.67. The van der Waals surface area contributed by atoms with Crippen LogP contribution in [0.15, 0.2) is 36.4 Å². The summed E-state index contributed by atoms with van der Waals surface area (Å²) in [5, 5.41) is 19.3. The second-order valence-corrected chi connectivity index (χ2v) is 9.74. The van der Waals surface area contributed by atoms with Crippen molar-refractivity contribution in [1.29, 1.82) is 0 Å². The number of carboxylic acids is 1. The van der Waals surface area contributed by atoms with Gasteiger partial charge in [-0.25, -0.2) is 9.78 Å². The predicted molar refractivity (Wildman–Crippen MR) is 132 cm³/mol. The summed E-state index contributed by atoms with van der Waals surface area (Å²) in [6.07, 6.45) is 4.09. The van der Waals surface area contributed by atoms with Crippen LogP contribution in [-0.2, 0) is 17.6 Å². The first-order valence-electron chi connectivity index (χ1n) is 12.3. The second kappa shape index (κ2) is 9.24. The summed E-state index contributed by atoms with van der Waals surface area (Å²) in [5.41, 5.74) is 4.68. The van der Waals surface area contributed by atoms with Crippen LogP contribution in [0, 0.1) is 5.92 Å². The molecule has 2 heterocycles. The van der Waals surface area contributed by atoms with E-state index in [4.69, 9.17) is 9.72 Å². The van der Waals surface area contributed by atoms with Gasteiger partial charge >= 0.3 is 12.1 Å². The summed E-state index contributed by atoms with van der Waals surface area (Å²) < 4.78 is 7.59. The summed E-state index contributed by atoms with van der Waals surface area (Å²) in [4.78, 5) is 30.1. The lowest BCUT2D eigenvalue weighted by molar-refractivity contribution is -0.143. The number of ether oxygens (including phenoxy) is 1. The van der Waals surface area contributed by atoms with Gasteiger partial charge < -0.3 is 19.5 Å². The number of aryl methyl sites for hydroxylation is 1. The molecule has 3 aromatic rings. The maximum Gasteiger partial charge on any atom is 0.412 e. The molecule has 0 radical (unpaired) electrons. The Hall–Kier alpha value is -3.55. The molecule has 2 aliphatic rings. The van der Waals surface area contributed by atoms with Crippen molar-refractivity contribution in [3.05, 3.63) is 53.3 Å². The predicted octanol–water partition coefficient (Wildman–Crippen LogP) is 5.27. The Morgan fingerprint density at radius 1 is 1.03 bits per heavy atom. The van der Waals surface area contributed by atoms with Gasteiger partial charge in [0.2, 0.25) is 0 Å². The molecule has 1 aromatic heterocycles. The standard InChI is InChI=1S/C27H31N3O5/c1-16-3-12-21-22(29(16)27(33)34)13-14-23-25(21)28-24(15-17-4-10-20(35-2)11-5-17)30(23)19-8-6-18(7-9-19)26(31)32/h4-5,10-11,13-14,16,18-19H,3,6-9,12,15H2,1-2H3,(H,31,32)(H,33,34)/t16-,18?,19?/m0/s1. The molecule has 1 amide bonds. The van der Waals surface area contributed by atoms with Gasteiger partial charge in [-0.1, -0.05) is 12.1 Å². The molecule has 0 unspecified atom stereocenters. The number of hydrogen-bond acceptors (Lipinski definition) is 4. The normalized spacial score (nSPS) is 22.1. The van der Waals surface area contributed by atoms with Crippen LogP contribution in [0.5, 0.6) is 5.75 Å². The maximum atomic E-state index is 12.0. The quantitative estimate of drug-likeness (QED) is 0.519. The lowest BCUT2D eigenvalue weighted by Gasteiger charge is -2.33. The van der Waals surface area contributed by atoms with Gasteiger partial charge in [0, 0.05) is 24.1 Å². The van der Waals surface area contributed by atoms with E-state index in [1.165, 1.54) is 4.90 Å². The van der Waals surface area contributed by atoms with E-state index in [1.54, 1.807) is 7.11 Å².